The molecule has 8 aromatic carbocycles. The van der Waals surface area contributed by atoms with E-state index >= 15 is 0 Å². The first kappa shape index (κ1) is 29.4. The lowest BCUT2D eigenvalue weighted by Gasteiger charge is -2.15. The average molecular weight is 675 g/mol. The van der Waals surface area contributed by atoms with Gasteiger partial charge in [0.2, 0.25) is 5.69 Å². The molecule has 4 nitrogen and oxygen atoms in total. The van der Waals surface area contributed by atoms with Crippen LogP contribution < -0.4 is 0 Å². The van der Waals surface area contributed by atoms with Crippen LogP contribution in [-0.4, -0.2) is 13.7 Å². The Morgan fingerprint density at radius 2 is 0.906 bits per heavy atom. The van der Waals surface area contributed by atoms with E-state index in [4.69, 9.17) is 6.57 Å². The van der Waals surface area contributed by atoms with E-state index in [1.807, 2.05) is 18.2 Å². The highest BCUT2D eigenvalue weighted by Crippen LogP contribution is 2.44. The maximum atomic E-state index is 8.02. The Hall–Kier alpha value is -7.35. The molecule has 3 heterocycles. The molecule has 0 N–H and O–H groups in total. The van der Waals surface area contributed by atoms with Crippen molar-refractivity contribution in [1.29, 1.82) is 0 Å². The molecule has 246 valence electrons. The van der Waals surface area contributed by atoms with Crippen molar-refractivity contribution < 1.29 is 0 Å². The molecule has 0 spiro atoms. The van der Waals surface area contributed by atoms with Crippen LogP contribution in [0.4, 0.5) is 5.69 Å². The van der Waals surface area contributed by atoms with Crippen LogP contribution in [0.5, 0.6) is 0 Å². The van der Waals surface area contributed by atoms with Crippen molar-refractivity contribution in [3.05, 3.63) is 193 Å². The van der Waals surface area contributed by atoms with Gasteiger partial charge in [-0.3, -0.25) is 0 Å². The smallest absolute Gasteiger partial charge is 0.211 e. The van der Waals surface area contributed by atoms with Crippen LogP contribution in [0.25, 0.3) is 98.5 Å². The van der Waals surface area contributed by atoms with E-state index in [9.17, 15) is 0 Å². The van der Waals surface area contributed by atoms with Crippen LogP contribution in [0.15, 0.2) is 182 Å². The molecule has 0 aliphatic carbocycles. The first-order valence-electron chi connectivity index (χ1n) is 17.9. The zero-order valence-electron chi connectivity index (χ0n) is 28.6. The van der Waals surface area contributed by atoms with Gasteiger partial charge in [-0.25, -0.2) is 4.85 Å². The maximum Gasteiger partial charge on any atom is 0.211 e. The molecule has 0 unspecified atom stereocenters. The van der Waals surface area contributed by atoms with Gasteiger partial charge in [0.05, 0.1) is 45.4 Å². The van der Waals surface area contributed by atoms with Crippen LogP contribution in [0.2, 0.25) is 0 Å². The topological polar surface area (TPSA) is 19.1 Å². The summed E-state index contributed by atoms with van der Waals surface area (Å²) in [7, 11) is 0. The Bertz CT molecular complexity index is 3280. The summed E-state index contributed by atoms with van der Waals surface area (Å²) in [5.74, 6) is 0. The molecule has 11 rings (SSSR count). The highest BCUT2D eigenvalue weighted by atomic mass is 15.0. The number of hydrogen-bond acceptors (Lipinski definition) is 0. The molecule has 11 aromatic rings. The van der Waals surface area contributed by atoms with Crippen molar-refractivity contribution in [2.24, 2.45) is 0 Å². The van der Waals surface area contributed by atoms with E-state index in [1.165, 1.54) is 43.6 Å². The molecule has 0 fully saturated rings. The molecular formula is C49H30N4. The molecular weight excluding hydrogens is 645 g/mol. The molecule has 0 amide bonds. The number of nitrogens with zero attached hydrogens (tertiary/aromatic N) is 4. The fourth-order valence-corrected chi connectivity index (χ4v) is 8.70. The van der Waals surface area contributed by atoms with E-state index in [-0.39, 0.29) is 0 Å². The minimum atomic E-state index is 0.648. The standard InChI is InChI=1S/C49H30N4/c1-50-40-23-14-22-36-39-31-32(27-28-44(39)52(49(36)40)34-17-6-3-7-18-34)35-19-8-11-24-41(35)53-43-26-13-10-21-38(43)48-46(53)30-29-45-47(48)37-20-9-12-25-42(37)51(45)33-15-4-2-5-16-33/h2-31H. The Morgan fingerprint density at radius 3 is 1.60 bits per heavy atom. The molecule has 3 aromatic heterocycles. The van der Waals surface area contributed by atoms with Gasteiger partial charge in [0.15, 0.2) is 0 Å². The minimum absolute atomic E-state index is 0.648. The monoisotopic (exact) mass is 674 g/mol. The normalized spacial score (nSPS) is 11.8. The Balaban J connectivity index is 1.20. The molecule has 0 radical (unpaired) electrons. The third kappa shape index (κ3) is 4.16. The summed E-state index contributed by atoms with van der Waals surface area (Å²) >= 11 is 0. The van der Waals surface area contributed by atoms with Gasteiger partial charge in [-0.1, -0.05) is 115 Å². The zero-order chi connectivity index (χ0) is 35.0. The number of hydrogen-bond donors (Lipinski definition) is 0. The van der Waals surface area contributed by atoms with E-state index < -0.39 is 0 Å². The van der Waals surface area contributed by atoms with Crippen molar-refractivity contribution in [2.75, 3.05) is 0 Å². The summed E-state index contributed by atoms with van der Waals surface area (Å²) in [6.45, 7) is 8.02. The highest BCUT2D eigenvalue weighted by Gasteiger charge is 2.22. The van der Waals surface area contributed by atoms with Gasteiger partial charge < -0.3 is 13.7 Å². The van der Waals surface area contributed by atoms with Crippen LogP contribution >= 0.6 is 0 Å². The first-order valence-corrected chi connectivity index (χ1v) is 17.9. The van der Waals surface area contributed by atoms with Gasteiger partial charge in [0.25, 0.3) is 0 Å². The van der Waals surface area contributed by atoms with Crippen LogP contribution in [0, 0.1) is 6.57 Å². The second-order valence-corrected chi connectivity index (χ2v) is 13.6. The number of rotatable bonds is 4. The second kappa shape index (κ2) is 11.3. The lowest BCUT2D eigenvalue weighted by molar-refractivity contribution is 1.17. The van der Waals surface area contributed by atoms with Gasteiger partial charge in [0, 0.05) is 43.9 Å². The number of para-hydroxylation sites is 6. The van der Waals surface area contributed by atoms with Crippen molar-refractivity contribution in [1.82, 2.24) is 13.7 Å². The second-order valence-electron chi connectivity index (χ2n) is 13.6. The summed E-state index contributed by atoms with van der Waals surface area (Å²) in [4.78, 5) is 3.95. The summed E-state index contributed by atoms with van der Waals surface area (Å²) in [5.41, 5.74) is 13.0. The van der Waals surface area contributed by atoms with E-state index in [2.05, 4.69) is 182 Å². The van der Waals surface area contributed by atoms with Crippen molar-refractivity contribution in [2.45, 2.75) is 0 Å². The van der Waals surface area contributed by atoms with Gasteiger partial charge >= 0.3 is 0 Å². The molecule has 0 saturated heterocycles. The van der Waals surface area contributed by atoms with Gasteiger partial charge in [0.1, 0.15) is 0 Å². The van der Waals surface area contributed by atoms with Gasteiger partial charge in [-0.2, -0.15) is 0 Å². The quantitative estimate of drug-likeness (QED) is 0.166. The van der Waals surface area contributed by atoms with Crippen LogP contribution in [-0.2, 0) is 0 Å². The highest BCUT2D eigenvalue weighted by molar-refractivity contribution is 6.29. The summed E-state index contributed by atoms with van der Waals surface area (Å²) in [5, 5.41) is 7.19. The van der Waals surface area contributed by atoms with Crippen molar-refractivity contribution in [3.8, 4) is 28.2 Å². The number of aromatic nitrogens is 3. The Kier molecular flexibility index (Phi) is 6.28. The van der Waals surface area contributed by atoms with Crippen LogP contribution in [0.1, 0.15) is 0 Å². The number of benzene rings is 8. The minimum Gasteiger partial charge on any atom is -0.319 e. The summed E-state index contributed by atoms with van der Waals surface area (Å²) < 4.78 is 7.07. The fraction of sp³-hybridized carbons (Fsp3) is 0. The largest absolute Gasteiger partial charge is 0.319 e. The molecule has 0 aliphatic heterocycles. The lowest BCUT2D eigenvalue weighted by Crippen LogP contribution is -1.97. The molecule has 0 atom stereocenters. The SMILES string of the molecule is [C-]#[N+]c1cccc2c3cc(-c4ccccc4-n4c5ccccc5c5c6c7ccccc7n(-c7ccccc7)c6ccc54)ccc3n(-c3ccccc3)c12. The predicted molar refractivity (Wildman–Crippen MR) is 221 cm³/mol. The van der Waals surface area contributed by atoms with E-state index in [0.29, 0.717) is 5.69 Å². The van der Waals surface area contributed by atoms with E-state index in [1.54, 1.807) is 0 Å². The molecule has 53 heavy (non-hydrogen) atoms. The molecule has 0 aliphatic rings. The third-order valence-corrected chi connectivity index (χ3v) is 10.8. The Morgan fingerprint density at radius 1 is 0.377 bits per heavy atom. The third-order valence-electron chi connectivity index (χ3n) is 10.8. The van der Waals surface area contributed by atoms with Crippen molar-refractivity contribution >= 4 is 71.1 Å². The summed E-state index contributed by atoms with van der Waals surface area (Å²) in [6.07, 6.45) is 0. The molecule has 0 bridgehead atoms. The molecule has 4 heteroatoms. The van der Waals surface area contributed by atoms with E-state index in [0.717, 1.165) is 50.0 Å². The number of fused-ring (bicyclic) bond motifs is 10. The van der Waals surface area contributed by atoms with Gasteiger partial charge in [-0.05, 0) is 77.7 Å². The lowest BCUT2D eigenvalue weighted by atomic mass is 10.0. The predicted octanol–water partition coefficient (Wildman–Crippen LogP) is 13.2. The Labute approximate surface area is 305 Å². The molecule has 0 saturated carbocycles. The maximum absolute atomic E-state index is 8.02. The fourth-order valence-electron chi connectivity index (χ4n) is 8.70. The zero-order valence-corrected chi connectivity index (χ0v) is 28.6. The van der Waals surface area contributed by atoms with Crippen molar-refractivity contribution in [3.63, 3.8) is 0 Å². The average Bonchev–Trinajstić information content (AvgIpc) is 3.87. The summed E-state index contributed by atoms with van der Waals surface area (Å²) in [6, 6.07) is 64.8. The van der Waals surface area contributed by atoms with Gasteiger partial charge in [-0.15, -0.1) is 0 Å². The first-order chi connectivity index (χ1) is 26.3. The van der Waals surface area contributed by atoms with Crippen LogP contribution in [0.3, 0.4) is 0 Å².